The van der Waals surface area contributed by atoms with Gasteiger partial charge in [0.2, 0.25) is 0 Å². The van der Waals surface area contributed by atoms with Crippen molar-refractivity contribution in [2.75, 3.05) is 18.4 Å². The van der Waals surface area contributed by atoms with Gasteiger partial charge in [-0.3, -0.25) is 9.78 Å². The Morgan fingerprint density at radius 2 is 1.73 bits per heavy atom. The molecule has 1 aromatic carbocycles. The molecule has 26 heavy (non-hydrogen) atoms. The van der Waals surface area contributed by atoms with E-state index in [4.69, 9.17) is 0 Å². The minimum Gasteiger partial charge on any atom is -0.368 e. The highest BCUT2D eigenvalue weighted by Crippen LogP contribution is 2.19. The number of carbonyl (C=O) groups excluding carboxylic acids is 1. The van der Waals surface area contributed by atoms with Gasteiger partial charge in [0, 0.05) is 36.1 Å². The molecule has 0 aliphatic heterocycles. The molecule has 2 heterocycles. The second-order valence-corrected chi connectivity index (χ2v) is 5.87. The highest BCUT2D eigenvalue weighted by Gasteiger charge is 2.10. The van der Waals surface area contributed by atoms with E-state index in [1.54, 1.807) is 18.3 Å². The Morgan fingerprint density at radius 3 is 2.46 bits per heavy atom. The third-order valence-corrected chi connectivity index (χ3v) is 4.02. The first-order valence-corrected chi connectivity index (χ1v) is 8.49. The molecule has 0 aliphatic rings. The van der Waals surface area contributed by atoms with Crippen molar-refractivity contribution < 1.29 is 4.79 Å². The van der Waals surface area contributed by atoms with E-state index < -0.39 is 0 Å². The molecule has 0 fully saturated rings. The van der Waals surface area contributed by atoms with Crippen molar-refractivity contribution in [3.05, 3.63) is 71.5 Å². The van der Waals surface area contributed by atoms with Crippen LogP contribution in [0.25, 0.3) is 11.5 Å². The number of nitrogens with one attached hydrogen (secondary N) is 2. The Balaban J connectivity index is 1.63. The minimum atomic E-state index is -0.0860. The molecule has 0 bridgehead atoms. The van der Waals surface area contributed by atoms with Crippen molar-refractivity contribution in [3.8, 4) is 11.5 Å². The fourth-order valence-corrected chi connectivity index (χ4v) is 2.46. The van der Waals surface area contributed by atoms with E-state index in [1.165, 1.54) is 0 Å². The van der Waals surface area contributed by atoms with Crippen LogP contribution in [-0.4, -0.2) is 33.9 Å². The Labute approximate surface area is 152 Å². The zero-order valence-corrected chi connectivity index (χ0v) is 14.9. The Morgan fingerprint density at radius 1 is 0.962 bits per heavy atom. The van der Waals surface area contributed by atoms with E-state index in [0.29, 0.717) is 24.5 Å². The summed E-state index contributed by atoms with van der Waals surface area (Å²) in [6.45, 7) is 4.99. The number of pyridine rings is 1. The minimum absolute atomic E-state index is 0.0860. The first kappa shape index (κ1) is 17.5. The smallest absolute Gasteiger partial charge is 0.251 e. The predicted molar refractivity (Wildman–Crippen MR) is 102 cm³/mol. The summed E-state index contributed by atoms with van der Waals surface area (Å²) in [5.41, 5.74) is 3.27. The SMILES string of the molecule is Cc1nc(-c2ccccn2)nc(NCCNC(=O)c2ccccc2)c1C. The van der Waals surface area contributed by atoms with Crippen molar-refractivity contribution in [3.63, 3.8) is 0 Å². The molecular formula is C20H21N5O. The van der Waals surface area contributed by atoms with Gasteiger partial charge in [0.05, 0.1) is 0 Å². The van der Waals surface area contributed by atoms with Crippen LogP contribution in [-0.2, 0) is 0 Å². The van der Waals surface area contributed by atoms with Crippen LogP contribution in [0.4, 0.5) is 5.82 Å². The van der Waals surface area contributed by atoms with Crippen molar-refractivity contribution in [1.29, 1.82) is 0 Å². The topological polar surface area (TPSA) is 79.8 Å². The number of carbonyl (C=O) groups is 1. The molecule has 3 aromatic rings. The Hall–Kier alpha value is -3.28. The van der Waals surface area contributed by atoms with Crippen molar-refractivity contribution in [2.45, 2.75) is 13.8 Å². The number of aromatic nitrogens is 3. The number of amides is 1. The van der Waals surface area contributed by atoms with Gasteiger partial charge in [-0.2, -0.15) is 0 Å². The summed E-state index contributed by atoms with van der Waals surface area (Å²) in [4.78, 5) is 25.4. The molecule has 0 spiro atoms. The molecule has 1 amide bonds. The maximum Gasteiger partial charge on any atom is 0.251 e. The van der Waals surface area contributed by atoms with Crippen LogP contribution in [0.2, 0.25) is 0 Å². The number of benzene rings is 1. The molecule has 6 heteroatoms. The van der Waals surface area contributed by atoms with Gasteiger partial charge in [-0.15, -0.1) is 0 Å². The summed E-state index contributed by atoms with van der Waals surface area (Å²) in [6.07, 6.45) is 1.72. The van der Waals surface area contributed by atoms with Gasteiger partial charge in [-0.05, 0) is 38.1 Å². The average Bonchev–Trinajstić information content (AvgIpc) is 2.69. The molecule has 0 saturated carbocycles. The van der Waals surface area contributed by atoms with Crippen molar-refractivity contribution in [2.24, 2.45) is 0 Å². The molecule has 2 aromatic heterocycles. The molecule has 0 unspecified atom stereocenters. The van der Waals surface area contributed by atoms with Gasteiger partial charge in [0.15, 0.2) is 5.82 Å². The average molecular weight is 347 g/mol. The third kappa shape index (κ3) is 4.22. The van der Waals surface area contributed by atoms with Crippen molar-refractivity contribution in [1.82, 2.24) is 20.3 Å². The first-order chi connectivity index (χ1) is 12.6. The predicted octanol–water partition coefficient (Wildman–Crippen LogP) is 3.00. The molecule has 0 aliphatic carbocycles. The van der Waals surface area contributed by atoms with Gasteiger partial charge in [0.1, 0.15) is 11.5 Å². The lowest BCUT2D eigenvalue weighted by Gasteiger charge is -2.12. The van der Waals surface area contributed by atoms with E-state index in [-0.39, 0.29) is 5.91 Å². The van der Waals surface area contributed by atoms with Crippen molar-refractivity contribution >= 4 is 11.7 Å². The van der Waals surface area contributed by atoms with E-state index >= 15 is 0 Å². The summed E-state index contributed by atoms with van der Waals surface area (Å²) in [6, 6.07) is 14.8. The lowest BCUT2D eigenvalue weighted by atomic mass is 10.2. The third-order valence-electron chi connectivity index (χ3n) is 4.02. The second kappa shape index (κ2) is 8.20. The molecular weight excluding hydrogens is 326 g/mol. The normalized spacial score (nSPS) is 10.4. The van der Waals surface area contributed by atoms with E-state index in [9.17, 15) is 4.79 Å². The van der Waals surface area contributed by atoms with Gasteiger partial charge >= 0.3 is 0 Å². The van der Waals surface area contributed by atoms with E-state index in [1.807, 2.05) is 50.2 Å². The Bertz CT molecular complexity index is 881. The number of nitrogens with zero attached hydrogens (tertiary/aromatic N) is 3. The number of hydrogen-bond acceptors (Lipinski definition) is 5. The molecule has 0 saturated heterocycles. The first-order valence-electron chi connectivity index (χ1n) is 8.49. The van der Waals surface area contributed by atoms with Crippen LogP contribution >= 0.6 is 0 Å². The molecule has 0 radical (unpaired) electrons. The van der Waals surface area contributed by atoms with E-state index in [0.717, 1.165) is 22.8 Å². The number of aryl methyl sites for hydroxylation is 1. The monoisotopic (exact) mass is 347 g/mol. The standard InChI is InChI=1S/C20H21N5O/c1-14-15(2)24-19(17-10-6-7-11-21-17)25-18(14)22-12-13-23-20(26)16-8-4-3-5-9-16/h3-11H,12-13H2,1-2H3,(H,23,26)(H,22,24,25). The van der Waals surface area contributed by atoms with Crippen LogP contribution in [0, 0.1) is 13.8 Å². The molecule has 0 atom stereocenters. The molecule has 2 N–H and O–H groups in total. The second-order valence-electron chi connectivity index (χ2n) is 5.87. The summed E-state index contributed by atoms with van der Waals surface area (Å²) in [5.74, 6) is 1.26. The number of hydrogen-bond donors (Lipinski definition) is 2. The summed E-state index contributed by atoms with van der Waals surface area (Å²) >= 11 is 0. The zero-order chi connectivity index (χ0) is 18.4. The van der Waals surface area contributed by atoms with Crippen LogP contribution in [0.15, 0.2) is 54.7 Å². The molecule has 3 rings (SSSR count). The largest absolute Gasteiger partial charge is 0.368 e. The molecule has 132 valence electrons. The zero-order valence-electron chi connectivity index (χ0n) is 14.9. The maximum absolute atomic E-state index is 12.0. The molecule has 6 nitrogen and oxygen atoms in total. The number of anilines is 1. The summed E-state index contributed by atoms with van der Waals surface area (Å²) in [5, 5.41) is 6.17. The fraction of sp³-hybridized carbons (Fsp3) is 0.200. The van der Waals surface area contributed by atoms with Gasteiger partial charge in [0.25, 0.3) is 5.91 Å². The Kier molecular flexibility index (Phi) is 5.53. The van der Waals surface area contributed by atoms with Crippen LogP contribution in [0.1, 0.15) is 21.6 Å². The summed E-state index contributed by atoms with van der Waals surface area (Å²) in [7, 11) is 0. The van der Waals surface area contributed by atoms with Crippen LogP contribution < -0.4 is 10.6 Å². The summed E-state index contributed by atoms with van der Waals surface area (Å²) < 4.78 is 0. The fourth-order valence-electron chi connectivity index (χ4n) is 2.46. The van der Waals surface area contributed by atoms with Gasteiger partial charge in [-0.25, -0.2) is 9.97 Å². The van der Waals surface area contributed by atoms with Gasteiger partial charge in [-0.1, -0.05) is 24.3 Å². The van der Waals surface area contributed by atoms with Crippen LogP contribution in [0.5, 0.6) is 0 Å². The van der Waals surface area contributed by atoms with Gasteiger partial charge < -0.3 is 10.6 Å². The highest BCUT2D eigenvalue weighted by atomic mass is 16.1. The highest BCUT2D eigenvalue weighted by molar-refractivity contribution is 5.94. The van der Waals surface area contributed by atoms with Crippen LogP contribution in [0.3, 0.4) is 0 Å². The quantitative estimate of drug-likeness (QED) is 0.670. The van der Waals surface area contributed by atoms with E-state index in [2.05, 4.69) is 25.6 Å². The lowest BCUT2D eigenvalue weighted by Crippen LogP contribution is -2.29. The maximum atomic E-state index is 12.0. The lowest BCUT2D eigenvalue weighted by molar-refractivity contribution is 0.0955. The number of rotatable bonds is 6.